The van der Waals surface area contributed by atoms with E-state index in [1.807, 2.05) is 0 Å². The summed E-state index contributed by atoms with van der Waals surface area (Å²) in [5.74, 6) is -0.903. The van der Waals surface area contributed by atoms with Crippen LogP contribution in [0.1, 0.15) is 110 Å². The molecule has 5 nitrogen and oxygen atoms in total. The van der Waals surface area contributed by atoms with Gasteiger partial charge in [0.1, 0.15) is 6.10 Å². The number of aliphatic carboxylic acids is 1. The first kappa shape index (κ1) is 31.7. The zero-order chi connectivity index (χ0) is 19.9. The van der Waals surface area contributed by atoms with Gasteiger partial charge in [0.25, 0.3) is 0 Å². The molecule has 0 aromatic carbocycles. The van der Waals surface area contributed by atoms with Crippen LogP contribution < -0.4 is 5.11 Å². The zero-order valence-electron chi connectivity index (χ0n) is 17.7. The molecule has 0 aromatic rings. The normalized spacial score (nSPS) is 10.3. The van der Waals surface area contributed by atoms with Gasteiger partial charge in [-0.25, -0.2) is 0 Å². The van der Waals surface area contributed by atoms with Crippen molar-refractivity contribution >= 4 is 5.97 Å². The molecule has 160 valence electrons. The molecular weight excluding hydrogens is 398 g/mol. The molecule has 0 heterocycles. The van der Waals surface area contributed by atoms with E-state index in [1.54, 1.807) is 0 Å². The van der Waals surface area contributed by atoms with Crippen LogP contribution in [0.2, 0.25) is 0 Å². The molecular formula is C21H43O5Zn-. The zero-order valence-corrected chi connectivity index (χ0v) is 20.6. The van der Waals surface area contributed by atoms with Crippen molar-refractivity contribution in [3.8, 4) is 0 Å². The average Bonchev–Trinajstić information content (AvgIpc) is 2.64. The van der Waals surface area contributed by atoms with Gasteiger partial charge in [-0.1, -0.05) is 96.8 Å². The largest absolute Gasteiger partial charge is 0.550 e. The van der Waals surface area contributed by atoms with Crippen molar-refractivity contribution < 1.29 is 44.7 Å². The van der Waals surface area contributed by atoms with Crippen LogP contribution in [0, 0.1) is 0 Å². The summed E-state index contributed by atoms with van der Waals surface area (Å²) in [6.07, 6.45) is 18.9. The summed E-state index contributed by atoms with van der Waals surface area (Å²) in [5, 5.41) is 34.2. The van der Waals surface area contributed by atoms with Crippen molar-refractivity contribution in [2.75, 3.05) is 13.2 Å². The van der Waals surface area contributed by atoms with E-state index in [0.29, 0.717) is 0 Å². The Kier molecular flexibility index (Phi) is 33.1. The molecule has 0 radical (unpaired) electrons. The monoisotopic (exact) mass is 439 g/mol. The van der Waals surface area contributed by atoms with Crippen LogP contribution in [0.4, 0.5) is 0 Å². The fraction of sp³-hybridized carbons (Fsp3) is 0.952. The third-order valence-corrected chi connectivity index (χ3v) is 4.41. The number of carboxylic acids is 1. The van der Waals surface area contributed by atoms with E-state index in [-0.39, 0.29) is 39.1 Å². The van der Waals surface area contributed by atoms with E-state index in [1.165, 1.54) is 83.5 Å². The van der Waals surface area contributed by atoms with Crippen LogP contribution >= 0.6 is 0 Å². The Morgan fingerprint density at radius 1 is 0.704 bits per heavy atom. The Morgan fingerprint density at radius 3 is 1.22 bits per heavy atom. The second-order valence-corrected chi connectivity index (χ2v) is 7.09. The van der Waals surface area contributed by atoms with Crippen molar-refractivity contribution in [2.45, 2.75) is 116 Å². The summed E-state index contributed by atoms with van der Waals surface area (Å²) in [7, 11) is 0. The van der Waals surface area contributed by atoms with Crippen molar-refractivity contribution in [3.63, 3.8) is 0 Å². The van der Waals surface area contributed by atoms with E-state index >= 15 is 0 Å². The average molecular weight is 441 g/mol. The first-order valence-corrected chi connectivity index (χ1v) is 10.7. The fourth-order valence-corrected chi connectivity index (χ4v) is 2.70. The van der Waals surface area contributed by atoms with Gasteiger partial charge in [0.15, 0.2) is 0 Å². The molecule has 0 atom stereocenters. The molecule has 0 amide bonds. The minimum absolute atomic E-state index is 0. The maximum absolute atomic E-state index is 10.2. The maximum Gasteiger partial charge on any atom is 0.100 e. The van der Waals surface area contributed by atoms with Crippen LogP contribution in [0.5, 0.6) is 0 Å². The number of aliphatic hydroxyl groups excluding tert-OH is 3. The molecule has 3 N–H and O–H groups in total. The summed E-state index contributed by atoms with van der Waals surface area (Å²) in [5.41, 5.74) is 0. The number of hydrogen-bond donors (Lipinski definition) is 3. The van der Waals surface area contributed by atoms with E-state index in [2.05, 4.69) is 6.92 Å². The minimum atomic E-state index is -0.954. The molecule has 0 bridgehead atoms. The summed E-state index contributed by atoms with van der Waals surface area (Å²) in [6, 6.07) is 0. The predicted octanol–water partition coefficient (Wildman–Crippen LogP) is 3.33. The van der Waals surface area contributed by atoms with Gasteiger partial charge in [0.2, 0.25) is 0 Å². The molecule has 0 aliphatic rings. The van der Waals surface area contributed by atoms with Gasteiger partial charge in [0.05, 0.1) is 13.2 Å². The van der Waals surface area contributed by atoms with Gasteiger partial charge >= 0.3 is 0 Å². The van der Waals surface area contributed by atoms with Crippen LogP contribution in [0.25, 0.3) is 0 Å². The first-order chi connectivity index (χ1) is 12.6. The molecule has 0 aliphatic carbocycles. The summed E-state index contributed by atoms with van der Waals surface area (Å²) in [4.78, 5) is 10.2. The Bertz CT molecular complexity index is 273. The van der Waals surface area contributed by atoms with Gasteiger partial charge in [-0.2, -0.15) is 0 Å². The Labute approximate surface area is 179 Å². The molecule has 0 saturated carbocycles. The van der Waals surface area contributed by atoms with Crippen LogP contribution in [0.15, 0.2) is 0 Å². The fourth-order valence-electron chi connectivity index (χ4n) is 2.70. The molecule has 0 spiro atoms. The smallest absolute Gasteiger partial charge is 0.100 e. The maximum atomic E-state index is 10.2. The standard InChI is InChI=1S/C18H36O2.C3H8O3.Zn/c1-2-3-4-5-6-7-8-9-10-11-12-13-14-15-16-17-18(19)20;4-1-3(6)2-5;/h2-17H2,1H3,(H,19,20);3-6H,1-2H2;/p-1. The summed E-state index contributed by atoms with van der Waals surface area (Å²) < 4.78 is 0. The van der Waals surface area contributed by atoms with Crippen LogP contribution in [0.3, 0.4) is 0 Å². The number of aliphatic hydroxyl groups is 3. The number of unbranched alkanes of at least 4 members (excludes halogenated alkanes) is 14. The van der Waals surface area contributed by atoms with E-state index in [4.69, 9.17) is 15.3 Å². The first-order valence-electron chi connectivity index (χ1n) is 10.7. The van der Waals surface area contributed by atoms with Crippen molar-refractivity contribution in [1.29, 1.82) is 0 Å². The molecule has 0 aromatic heterocycles. The van der Waals surface area contributed by atoms with Gasteiger partial charge in [-0.05, 0) is 12.8 Å². The number of carbonyl (C=O) groups excluding carboxylic acids is 1. The van der Waals surface area contributed by atoms with Crippen molar-refractivity contribution in [3.05, 3.63) is 0 Å². The summed E-state index contributed by atoms with van der Waals surface area (Å²) in [6.45, 7) is 1.54. The van der Waals surface area contributed by atoms with Crippen molar-refractivity contribution in [1.82, 2.24) is 0 Å². The second kappa shape index (κ2) is 28.2. The van der Waals surface area contributed by atoms with Gasteiger partial charge in [0, 0.05) is 25.4 Å². The Balaban J connectivity index is -0.000000709. The van der Waals surface area contributed by atoms with E-state index in [9.17, 15) is 9.90 Å². The van der Waals surface area contributed by atoms with Crippen molar-refractivity contribution in [2.24, 2.45) is 0 Å². The molecule has 0 fully saturated rings. The summed E-state index contributed by atoms with van der Waals surface area (Å²) >= 11 is 0. The number of hydrogen-bond acceptors (Lipinski definition) is 5. The van der Waals surface area contributed by atoms with E-state index < -0.39 is 12.1 Å². The van der Waals surface area contributed by atoms with Crippen LogP contribution in [-0.2, 0) is 24.3 Å². The number of carbonyl (C=O) groups is 1. The topological polar surface area (TPSA) is 101 Å². The number of rotatable bonds is 18. The van der Waals surface area contributed by atoms with E-state index in [0.717, 1.165) is 12.8 Å². The second-order valence-electron chi connectivity index (χ2n) is 7.09. The molecule has 6 heteroatoms. The quantitative estimate of drug-likeness (QED) is 0.224. The molecule has 0 rings (SSSR count). The molecule has 0 saturated heterocycles. The van der Waals surface area contributed by atoms with Gasteiger partial charge in [-0.15, -0.1) is 0 Å². The predicted molar refractivity (Wildman–Crippen MR) is 105 cm³/mol. The Hall–Kier alpha value is -0.0266. The SMILES string of the molecule is CCCCCCCCCCCCCCCCCC(=O)[O-].OCC(O)CO.[Zn]. The molecule has 0 aliphatic heterocycles. The third kappa shape index (κ3) is 33.9. The molecule has 27 heavy (non-hydrogen) atoms. The minimum Gasteiger partial charge on any atom is -0.550 e. The third-order valence-electron chi connectivity index (χ3n) is 4.41. The van der Waals surface area contributed by atoms with Gasteiger partial charge in [-0.3, -0.25) is 0 Å². The number of carboxylic acid groups (broad SMARTS) is 1. The molecule has 0 unspecified atom stereocenters. The Morgan fingerprint density at radius 2 is 1.00 bits per heavy atom. The van der Waals surface area contributed by atoms with Crippen LogP contribution in [-0.4, -0.2) is 40.6 Å². The van der Waals surface area contributed by atoms with Gasteiger partial charge < -0.3 is 25.2 Å².